The number of aryl methyl sites for hydroxylation is 1. The molecule has 30 heavy (non-hydrogen) atoms. The number of fused-ring (bicyclic) bond motifs is 1. The molecule has 0 radical (unpaired) electrons. The van der Waals surface area contributed by atoms with E-state index >= 15 is 0 Å². The Morgan fingerprint density at radius 2 is 1.87 bits per heavy atom. The Morgan fingerprint density at radius 1 is 1.10 bits per heavy atom. The van der Waals surface area contributed by atoms with Gasteiger partial charge in [0.15, 0.2) is 0 Å². The second-order valence-electron chi connectivity index (χ2n) is 7.28. The zero-order chi connectivity index (χ0) is 21.3. The number of nitrogens with one attached hydrogen (secondary N) is 1. The second-order valence-corrected chi connectivity index (χ2v) is 8.82. The Hall–Kier alpha value is -2.83. The van der Waals surface area contributed by atoms with Gasteiger partial charge in [-0.05, 0) is 48.9 Å². The highest BCUT2D eigenvalue weighted by molar-refractivity contribution is 7.80. The van der Waals surface area contributed by atoms with Gasteiger partial charge in [0.25, 0.3) is 5.91 Å². The first kappa shape index (κ1) is 20.4. The predicted molar refractivity (Wildman–Crippen MR) is 129 cm³/mol. The second kappa shape index (κ2) is 8.50. The maximum atomic E-state index is 12.8. The van der Waals surface area contributed by atoms with Gasteiger partial charge in [0.1, 0.15) is 0 Å². The first-order valence-electron chi connectivity index (χ1n) is 9.70. The van der Waals surface area contributed by atoms with Crippen molar-refractivity contribution in [1.82, 2.24) is 10.3 Å². The molecule has 1 heterocycles. The van der Waals surface area contributed by atoms with Crippen molar-refractivity contribution in [3.05, 3.63) is 76.6 Å². The molecule has 4 aromatic rings. The van der Waals surface area contributed by atoms with E-state index in [1.807, 2.05) is 91.8 Å². The van der Waals surface area contributed by atoms with Gasteiger partial charge in [-0.1, -0.05) is 36.4 Å². The number of aromatic nitrogens is 1. The monoisotopic (exact) mass is 433 g/mol. The molecular weight excluding hydrogens is 410 g/mol. The van der Waals surface area contributed by atoms with Gasteiger partial charge in [-0.3, -0.25) is 4.79 Å². The third-order valence-electron chi connectivity index (χ3n) is 5.20. The van der Waals surface area contributed by atoms with Crippen molar-refractivity contribution in [1.29, 1.82) is 0 Å². The summed E-state index contributed by atoms with van der Waals surface area (Å²) in [6, 6.07) is 19.9. The Kier molecular flexibility index (Phi) is 5.79. The third-order valence-corrected chi connectivity index (χ3v) is 6.33. The smallest absolute Gasteiger partial charge is 0.252 e. The van der Waals surface area contributed by atoms with Crippen LogP contribution in [0.5, 0.6) is 0 Å². The molecule has 3 aromatic carbocycles. The van der Waals surface area contributed by atoms with Gasteiger partial charge in [-0.15, -0.1) is 24.0 Å². The summed E-state index contributed by atoms with van der Waals surface area (Å²) in [4.78, 5) is 20.2. The summed E-state index contributed by atoms with van der Waals surface area (Å²) >= 11 is 6.31. The first-order chi connectivity index (χ1) is 14.4. The molecule has 0 saturated carbocycles. The van der Waals surface area contributed by atoms with Crippen LogP contribution in [-0.4, -0.2) is 24.1 Å². The number of carbonyl (C=O) groups is 1. The lowest BCUT2D eigenvalue weighted by Crippen LogP contribution is -2.44. The average molecular weight is 434 g/mol. The summed E-state index contributed by atoms with van der Waals surface area (Å²) in [5.41, 5.74) is 3.59. The van der Waals surface area contributed by atoms with Crippen molar-refractivity contribution in [2.45, 2.75) is 24.9 Å². The fraction of sp³-hybridized carbons (Fsp3) is 0.167. The molecule has 0 aliphatic rings. The number of anilines is 1. The minimum Gasteiger partial charge on any atom is -0.354 e. The molecule has 4 rings (SSSR count). The lowest BCUT2D eigenvalue weighted by atomic mass is 10.1. The zero-order valence-electron chi connectivity index (χ0n) is 17.1. The van der Waals surface area contributed by atoms with Crippen LogP contribution < -0.4 is 10.2 Å². The van der Waals surface area contributed by atoms with Crippen LogP contribution in [0.4, 0.5) is 5.69 Å². The quantitative estimate of drug-likeness (QED) is 0.310. The molecule has 1 unspecified atom stereocenters. The van der Waals surface area contributed by atoms with Crippen LogP contribution in [-0.2, 0) is 0 Å². The van der Waals surface area contributed by atoms with Gasteiger partial charge in [-0.25, -0.2) is 4.98 Å². The lowest BCUT2D eigenvalue weighted by molar-refractivity contribution is 0.0940. The Morgan fingerprint density at radius 3 is 2.57 bits per heavy atom. The minimum atomic E-state index is -0.206. The zero-order valence-corrected chi connectivity index (χ0v) is 18.8. The van der Waals surface area contributed by atoms with Gasteiger partial charge in [0.05, 0.1) is 22.6 Å². The maximum Gasteiger partial charge on any atom is 0.252 e. The van der Waals surface area contributed by atoms with Crippen molar-refractivity contribution in [2.24, 2.45) is 0 Å². The standard InChI is InChI=1S/C24H23N3OS2/c1-15(25-24(28)20-9-8-17-6-4-5-7-18(17)12-20)27(3)22-11-10-19(13-23(22)29)21-14-30-16(2)26-21/h4-15,29H,1-3H3,(H,25,28). The summed E-state index contributed by atoms with van der Waals surface area (Å²) in [6.07, 6.45) is -0.206. The van der Waals surface area contributed by atoms with Gasteiger partial charge in [0, 0.05) is 28.5 Å². The number of rotatable bonds is 5. The van der Waals surface area contributed by atoms with Crippen LogP contribution in [0.1, 0.15) is 22.3 Å². The number of thiol groups is 1. The molecule has 0 fully saturated rings. The summed E-state index contributed by atoms with van der Waals surface area (Å²) < 4.78 is 0. The molecule has 1 amide bonds. The molecule has 0 spiro atoms. The van der Waals surface area contributed by atoms with E-state index in [0.717, 1.165) is 37.6 Å². The van der Waals surface area contributed by atoms with Gasteiger partial charge in [0.2, 0.25) is 0 Å². The predicted octanol–water partition coefficient (Wildman–Crippen LogP) is 5.77. The van der Waals surface area contributed by atoms with E-state index < -0.39 is 0 Å². The highest BCUT2D eigenvalue weighted by atomic mass is 32.1. The van der Waals surface area contributed by atoms with Crippen LogP contribution in [0.15, 0.2) is 70.9 Å². The van der Waals surface area contributed by atoms with Crippen LogP contribution in [0.3, 0.4) is 0 Å². The number of amides is 1. The molecule has 0 aliphatic heterocycles. The summed E-state index contributed by atoms with van der Waals surface area (Å²) in [7, 11) is 1.95. The van der Waals surface area contributed by atoms with E-state index in [2.05, 4.69) is 22.9 Å². The molecule has 4 nitrogen and oxygen atoms in total. The van der Waals surface area contributed by atoms with E-state index in [9.17, 15) is 4.79 Å². The van der Waals surface area contributed by atoms with E-state index in [-0.39, 0.29) is 12.1 Å². The highest BCUT2D eigenvalue weighted by Gasteiger charge is 2.17. The molecule has 152 valence electrons. The fourth-order valence-electron chi connectivity index (χ4n) is 3.39. The largest absolute Gasteiger partial charge is 0.354 e. The number of hydrogen-bond acceptors (Lipinski definition) is 5. The number of nitrogens with zero attached hydrogens (tertiary/aromatic N) is 2. The van der Waals surface area contributed by atoms with Gasteiger partial charge in [-0.2, -0.15) is 0 Å². The number of thiazole rings is 1. The molecular formula is C24H23N3OS2. The number of hydrogen-bond donors (Lipinski definition) is 2. The van der Waals surface area contributed by atoms with E-state index in [0.29, 0.717) is 5.56 Å². The molecule has 1 aromatic heterocycles. The van der Waals surface area contributed by atoms with Crippen molar-refractivity contribution < 1.29 is 4.79 Å². The first-order valence-corrected chi connectivity index (χ1v) is 11.0. The van der Waals surface area contributed by atoms with Crippen LogP contribution >= 0.6 is 24.0 Å². The molecule has 1 N–H and O–H groups in total. The SMILES string of the molecule is Cc1nc(-c2ccc(N(C)C(C)NC(=O)c3ccc4ccccc4c3)c(S)c2)cs1. The molecule has 0 bridgehead atoms. The van der Waals surface area contributed by atoms with Gasteiger partial charge >= 0.3 is 0 Å². The Balaban J connectivity index is 1.49. The van der Waals surface area contributed by atoms with E-state index in [1.165, 1.54) is 0 Å². The molecule has 0 aliphatic carbocycles. The average Bonchev–Trinajstić information content (AvgIpc) is 3.19. The Labute approximate surface area is 186 Å². The van der Waals surface area contributed by atoms with E-state index in [4.69, 9.17) is 0 Å². The highest BCUT2D eigenvalue weighted by Crippen LogP contribution is 2.30. The van der Waals surface area contributed by atoms with Gasteiger partial charge < -0.3 is 10.2 Å². The van der Waals surface area contributed by atoms with Crippen molar-refractivity contribution in [3.63, 3.8) is 0 Å². The van der Waals surface area contributed by atoms with E-state index in [1.54, 1.807) is 11.3 Å². The topological polar surface area (TPSA) is 45.2 Å². The van der Waals surface area contributed by atoms with Crippen LogP contribution in [0.25, 0.3) is 22.0 Å². The number of carbonyl (C=O) groups excluding carboxylic acids is 1. The number of benzene rings is 3. The molecule has 1 atom stereocenters. The molecule has 6 heteroatoms. The normalized spacial score (nSPS) is 12.0. The summed E-state index contributed by atoms with van der Waals surface area (Å²) in [5.74, 6) is -0.101. The fourth-order valence-corrected chi connectivity index (χ4v) is 4.38. The summed E-state index contributed by atoms with van der Waals surface area (Å²) in [6.45, 7) is 3.96. The minimum absolute atomic E-state index is 0.101. The molecule has 0 saturated heterocycles. The third kappa shape index (κ3) is 4.20. The summed E-state index contributed by atoms with van der Waals surface area (Å²) in [5, 5.41) is 8.34. The lowest BCUT2D eigenvalue weighted by Gasteiger charge is -2.29. The Bertz CT molecular complexity index is 1220. The van der Waals surface area contributed by atoms with Crippen molar-refractivity contribution >= 4 is 46.3 Å². The van der Waals surface area contributed by atoms with Crippen molar-refractivity contribution in [2.75, 3.05) is 11.9 Å². The van der Waals surface area contributed by atoms with Crippen LogP contribution in [0.2, 0.25) is 0 Å². The van der Waals surface area contributed by atoms with Crippen molar-refractivity contribution in [3.8, 4) is 11.3 Å². The van der Waals surface area contributed by atoms with Crippen LogP contribution in [0, 0.1) is 6.92 Å². The maximum absolute atomic E-state index is 12.8.